The maximum absolute atomic E-state index is 11.9. The van der Waals surface area contributed by atoms with Crippen LogP contribution in [0.3, 0.4) is 0 Å². The molecule has 1 fully saturated rings. The van der Waals surface area contributed by atoms with E-state index in [0.717, 1.165) is 26.4 Å². The molecule has 9 heteroatoms. The molecular formula is C10H18NO7P. The van der Waals surface area contributed by atoms with E-state index in [9.17, 15) is 14.2 Å². The standard InChI is InChI=1S/C10H18NO7P/c1-7(2)16-10(13)18-19(14,15-3)11-17-9(12)8-5-4-6-8/h7-8H,4-6H2,1-3H3,(H,11,14). The molecule has 0 saturated heterocycles. The lowest BCUT2D eigenvalue weighted by molar-refractivity contribution is -0.156. The van der Waals surface area contributed by atoms with E-state index >= 15 is 0 Å². The van der Waals surface area contributed by atoms with Crippen LogP contribution < -0.4 is 5.25 Å². The topological polar surface area (TPSA) is 100 Å². The highest BCUT2D eigenvalue weighted by Crippen LogP contribution is 2.43. The van der Waals surface area contributed by atoms with Crippen molar-refractivity contribution < 1.29 is 32.8 Å². The molecule has 0 radical (unpaired) electrons. The summed E-state index contributed by atoms with van der Waals surface area (Å²) >= 11 is 0. The van der Waals surface area contributed by atoms with Gasteiger partial charge in [-0.2, -0.15) is 0 Å². The molecule has 1 aliphatic carbocycles. The average Bonchev–Trinajstić information content (AvgIpc) is 2.22. The van der Waals surface area contributed by atoms with Gasteiger partial charge in [0.2, 0.25) is 0 Å². The van der Waals surface area contributed by atoms with Crippen LogP contribution in [0.25, 0.3) is 0 Å². The molecule has 1 rings (SSSR count). The van der Waals surface area contributed by atoms with Gasteiger partial charge in [-0.15, -0.1) is 0 Å². The second-order valence-electron chi connectivity index (χ2n) is 4.33. The zero-order chi connectivity index (χ0) is 14.5. The third-order valence-electron chi connectivity index (χ3n) is 2.46. The lowest BCUT2D eigenvalue weighted by Crippen LogP contribution is -2.29. The fourth-order valence-electron chi connectivity index (χ4n) is 1.23. The normalized spacial score (nSPS) is 18.3. The Hall–Kier alpha value is -1.11. The van der Waals surface area contributed by atoms with Gasteiger partial charge in [0, 0.05) is 7.11 Å². The molecule has 1 unspecified atom stereocenters. The summed E-state index contributed by atoms with van der Waals surface area (Å²) < 4.78 is 25.5. The van der Waals surface area contributed by atoms with Crippen molar-refractivity contribution in [1.82, 2.24) is 5.25 Å². The summed E-state index contributed by atoms with van der Waals surface area (Å²) in [4.78, 5) is 27.2. The van der Waals surface area contributed by atoms with Crippen LogP contribution in [0.15, 0.2) is 0 Å². The number of ether oxygens (including phenoxy) is 1. The Morgan fingerprint density at radius 3 is 2.37 bits per heavy atom. The largest absolute Gasteiger partial charge is 0.516 e. The van der Waals surface area contributed by atoms with Crippen LogP contribution >= 0.6 is 7.75 Å². The zero-order valence-electron chi connectivity index (χ0n) is 11.1. The van der Waals surface area contributed by atoms with Crippen LogP contribution in [0.2, 0.25) is 0 Å². The predicted octanol–water partition coefficient (Wildman–Crippen LogP) is 2.15. The molecule has 8 nitrogen and oxygen atoms in total. The van der Waals surface area contributed by atoms with Gasteiger partial charge in [-0.3, -0.25) is 9.32 Å². The van der Waals surface area contributed by atoms with E-state index in [0.29, 0.717) is 0 Å². The second kappa shape index (κ2) is 6.88. The van der Waals surface area contributed by atoms with E-state index in [2.05, 4.69) is 18.6 Å². The number of hydrogen-bond acceptors (Lipinski definition) is 7. The van der Waals surface area contributed by atoms with Crippen molar-refractivity contribution in [3.63, 3.8) is 0 Å². The van der Waals surface area contributed by atoms with E-state index in [1.54, 1.807) is 13.8 Å². The van der Waals surface area contributed by atoms with Gasteiger partial charge in [0.05, 0.1) is 12.0 Å². The fourth-order valence-corrected chi connectivity index (χ4v) is 1.86. The fraction of sp³-hybridized carbons (Fsp3) is 0.800. The number of nitrogens with one attached hydrogen (secondary N) is 1. The van der Waals surface area contributed by atoms with Gasteiger partial charge in [-0.1, -0.05) is 6.42 Å². The molecule has 0 spiro atoms. The summed E-state index contributed by atoms with van der Waals surface area (Å²) in [7, 11) is -3.01. The third kappa shape index (κ3) is 5.18. The molecular weight excluding hydrogens is 277 g/mol. The average molecular weight is 295 g/mol. The SMILES string of the molecule is COP(=O)(NOC(=O)C1CCC1)OC(=O)OC(C)C. The molecule has 110 valence electrons. The molecule has 0 amide bonds. The highest BCUT2D eigenvalue weighted by molar-refractivity contribution is 7.52. The zero-order valence-corrected chi connectivity index (χ0v) is 12.0. The predicted molar refractivity (Wildman–Crippen MR) is 63.9 cm³/mol. The first-order valence-electron chi connectivity index (χ1n) is 5.90. The van der Waals surface area contributed by atoms with Crippen LogP contribution in [0, 0.1) is 5.92 Å². The van der Waals surface area contributed by atoms with E-state index in [1.807, 2.05) is 5.25 Å². The lowest BCUT2D eigenvalue weighted by Gasteiger charge is -2.23. The van der Waals surface area contributed by atoms with Crippen molar-refractivity contribution in [3.8, 4) is 0 Å². The van der Waals surface area contributed by atoms with Crippen LogP contribution in [0.1, 0.15) is 33.1 Å². The third-order valence-corrected chi connectivity index (χ3v) is 3.65. The van der Waals surface area contributed by atoms with Crippen molar-refractivity contribution in [1.29, 1.82) is 0 Å². The van der Waals surface area contributed by atoms with Crippen molar-refractivity contribution in [2.75, 3.05) is 7.11 Å². The second-order valence-corrected chi connectivity index (χ2v) is 6.05. The van der Waals surface area contributed by atoms with Gasteiger partial charge in [0.25, 0.3) is 0 Å². The highest BCUT2D eigenvalue weighted by atomic mass is 31.2. The van der Waals surface area contributed by atoms with Gasteiger partial charge in [0.15, 0.2) is 0 Å². The summed E-state index contributed by atoms with van der Waals surface area (Å²) in [6.45, 7) is 3.20. The van der Waals surface area contributed by atoms with Crippen LogP contribution in [-0.4, -0.2) is 25.3 Å². The maximum Gasteiger partial charge on any atom is 0.516 e. The monoisotopic (exact) mass is 295 g/mol. The van der Waals surface area contributed by atoms with Gasteiger partial charge in [0.1, 0.15) is 0 Å². The van der Waals surface area contributed by atoms with E-state index < -0.39 is 26.0 Å². The quantitative estimate of drug-likeness (QED) is 0.452. The van der Waals surface area contributed by atoms with Gasteiger partial charge < -0.3 is 14.1 Å². The van der Waals surface area contributed by atoms with Crippen molar-refractivity contribution >= 4 is 19.9 Å². The lowest BCUT2D eigenvalue weighted by atomic mass is 9.86. The Labute approximate surface area is 111 Å². The minimum atomic E-state index is -4.06. The minimum Gasteiger partial charge on any atom is -0.431 e. The number of rotatable bonds is 6. The highest BCUT2D eigenvalue weighted by Gasteiger charge is 2.34. The molecule has 1 N–H and O–H groups in total. The van der Waals surface area contributed by atoms with Crippen LogP contribution in [0.4, 0.5) is 4.79 Å². The first kappa shape index (κ1) is 15.9. The minimum absolute atomic E-state index is 0.208. The molecule has 0 heterocycles. The Balaban J connectivity index is 2.43. The summed E-state index contributed by atoms with van der Waals surface area (Å²) in [6.07, 6.45) is 0.809. The molecule has 0 aliphatic heterocycles. The summed E-state index contributed by atoms with van der Waals surface area (Å²) in [5.41, 5.74) is 0. The molecule has 0 aromatic rings. The van der Waals surface area contributed by atoms with E-state index in [-0.39, 0.29) is 5.92 Å². The molecule has 0 aromatic heterocycles. The van der Waals surface area contributed by atoms with E-state index in [1.165, 1.54) is 0 Å². The number of hydrogen-bond donors (Lipinski definition) is 1. The first-order valence-corrected chi connectivity index (χ1v) is 7.44. The van der Waals surface area contributed by atoms with Gasteiger partial charge in [-0.25, -0.2) is 9.36 Å². The molecule has 0 bridgehead atoms. The van der Waals surface area contributed by atoms with Gasteiger partial charge >= 0.3 is 19.9 Å². The Kier molecular flexibility index (Phi) is 5.78. The Morgan fingerprint density at radius 2 is 1.95 bits per heavy atom. The smallest absolute Gasteiger partial charge is 0.431 e. The van der Waals surface area contributed by atoms with E-state index in [4.69, 9.17) is 0 Å². The van der Waals surface area contributed by atoms with Crippen LogP contribution in [-0.2, 0) is 28.0 Å². The summed E-state index contributed by atoms with van der Waals surface area (Å²) in [5, 5.41) is 1.86. The Morgan fingerprint density at radius 1 is 1.32 bits per heavy atom. The molecule has 19 heavy (non-hydrogen) atoms. The van der Waals surface area contributed by atoms with Crippen LogP contribution in [0.5, 0.6) is 0 Å². The maximum atomic E-state index is 11.9. The summed E-state index contributed by atoms with van der Waals surface area (Å²) in [5.74, 6) is -0.759. The molecule has 1 atom stereocenters. The Bertz CT molecular complexity index is 380. The first-order chi connectivity index (χ1) is 8.86. The number of carbonyl (C=O) groups is 2. The van der Waals surface area contributed by atoms with Crippen molar-refractivity contribution in [2.45, 2.75) is 39.2 Å². The van der Waals surface area contributed by atoms with Crippen molar-refractivity contribution in [2.24, 2.45) is 5.92 Å². The van der Waals surface area contributed by atoms with Gasteiger partial charge in [-0.05, 0) is 31.9 Å². The summed E-state index contributed by atoms with van der Waals surface area (Å²) in [6, 6.07) is 0. The molecule has 0 aromatic carbocycles. The number of carbonyl (C=O) groups excluding carboxylic acids is 2. The molecule has 1 aliphatic rings. The molecule has 1 saturated carbocycles. The van der Waals surface area contributed by atoms with Crippen molar-refractivity contribution in [3.05, 3.63) is 0 Å².